The molecule has 2 aromatic heterocycles. The van der Waals surface area contributed by atoms with Gasteiger partial charge in [0.05, 0.1) is 13.2 Å². The number of hydrogen-bond acceptors (Lipinski definition) is 8. The Morgan fingerprint density at radius 3 is 2.75 bits per heavy atom. The number of carbonyl (C=O) groups is 1. The number of aromatic nitrogens is 3. The van der Waals surface area contributed by atoms with Gasteiger partial charge in [-0.1, -0.05) is 23.5 Å². The second kappa shape index (κ2) is 8.29. The lowest BCUT2D eigenvalue weighted by Gasteiger charge is -2.25. The fourth-order valence-electron chi connectivity index (χ4n) is 2.84. The van der Waals surface area contributed by atoms with Crippen LogP contribution in [0.15, 0.2) is 40.2 Å². The topological polar surface area (TPSA) is 88.8 Å². The fraction of sp³-hybridized carbons (Fsp3) is 0.333. The van der Waals surface area contributed by atoms with Crippen LogP contribution < -0.4 is 15.8 Å². The minimum Gasteiger partial charge on any atom is -0.378 e. The standard InChI is InChI=1S/C18H19N5O3S2/c1-27-13-4-2-12(3-5-13)10-19-15(24)14-11-20-17-23(16(14)25)21-18(28-17)22-6-8-26-9-7-22/h2-5,11H,6-10H2,1H3,(H,19,24). The molecule has 1 amide bonds. The number of nitrogens with one attached hydrogen (secondary N) is 1. The van der Waals surface area contributed by atoms with Crippen molar-refractivity contribution in [3.05, 3.63) is 51.9 Å². The van der Waals surface area contributed by atoms with E-state index in [9.17, 15) is 9.59 Å². The van der Waals surface area contributed by atoms with Crippen molar-refractivity contribution < 1.29 is 9.53 Å². The summed E-state index contributed by atoms with van der Waals surface area (Å²) in [5.41, 5.74) is 0.483. The number of thioether (sulfide) groups is 1. The molecule has 0 aliphatic carbocycles. The zero-order chi connectivity index (χ0) is 19.5. The summed E-state index contributed by atoms with van der Waals surface area (Å²) in [6.07, 6.45) is 3.33. The molecule has 1 aromatic carbocycles. The molecule has 1 aliphatic rings. The molecule has 8 nitrogen and oxygen atoms in total. The molecule has 4 rings (SSSR count). The number of amides is 1. The Hall–Kier alpha value is -2.43. The Balaban J connectivity index is 1.51. The van der Waals surface area contributed by atoms with Gasteiger partial charge in [-0.3, -0.25) is 9.59 Å². The quantitative estimate of drug-likeness (QED) is 0.631. The molecule has 1 aliphatic heterocycles. The number of ether oxygens (including phenoxy) is 1. The van der Waals surface area contributed by atoms with Gasteiger partial charge in [-0.2, -0.15) is 4.52 Å². The lowest BCUT2D eigenvalue weighted by molar-refractivity contribution is 0.0948. The molecule has 0 atom stereocenters. The summed E-state index contributed by atoms with van der Waals surface area (Å²) in [6.45, 7) is 3.04. The fourth-order valence-corrected chi connectivity index (χ4v) is 4.16. The van der Waals surface area contributed by atoms with Crippen LogP contribution in [0.25, 0.3) is 4.96 Å². The molecule has 1 fully saturated rings. The van der Waals surface area contributed by atoms with E-state index in [-0.39, 0.29) is 5.56 Å². The third kappa shape index (κ3) is 3.89. The summed E-state index contributed by atoms with van der Waals surface area (Å²) in [5, 5.41) is 7.85. The lowest BCUT2D eigenvalue weighted by atomic mass is 10.2. The highest BCUT2D eigenvalue weighted by atomic mass is 32.2. The van der Waals surface area contributed by atoms with Gasteiger partial charge in [0.1, 0.15) is 5.56 Å². The summed E-state index contributed by atoms with van der Waals surface area (Å²) in [6, 6.07) is 7.90. The number of hydrogen-bond donors (Lipinski definition) is 1. The van der Waals surface area contributed by atoms with E-state index in [0.29, 0.717) is 29.9 Å². The van der Waals surface area contributed by atoms with Crippen LogP contribution in [-0.4, -0.2) is 53.1 Å². The average Bonchev–Trinajstić information content (AvgIpc) is 3.19. The third-order valence-corrected chi connectivity index (χ3v) is 6.14. The molecule has 1 N–H and O–H groups in total. The van der Waals surface area contributed by atoms with E-state index in [1.54, 1.807) is 11.8 Å². The predicted octanol–water partition coefficient (Wildman–Crippen LogP) is 1.64. The Morgan fingerprint density at radius 2 is 2.04 bits per heavy atom. The van der Waals surface area contributed by atoms with Crippen molar-refractivity contribution in [2.24, 2.45) is 0 Å². The molecule has 1 saturated heterocycles. The molecule has 0 saturated carbocycles. The lowest BCUT2D eigenvalue weighted by Crippen LogP contribution is -2.36. The number of nitrogens with zero attached hydrogens (tertiary/aromatic N) is 4. The van der Waals surface area contributed by atoms with Crippen LogP contribution in [0.1, 0.15) is 15.9 Å². The Morgan fingerprint density at radius 1 is 1.29 bits per heavy atom. The third-order valence-electron chi connectivity index (χ3n) is 4.41. The van der Waals surface area contributed by atoms with Crippen molar-refractivity contribution in [1.29, 1.82) is 0 Å². The minimum atomic E-state index is -0.462. The molecular formula is C18H19N5O3S2. The van der Waals surface area contributed by atoms with Gasteiger partial charge in [0.25, 0.3) is 11.5 Å². The number of rotatable bonds is 5. The summed E-state index contributed by atoms with van der Waals surface area (Å²) < 4.78 is 6.55. The van der Waals surface area contributed by atoms with E-state index in [1.807, 2.05) is 30.5 Å². The Labute approximate surface area is 169 Å². The Kier molecular flexibility index (Phi) is 5.60. The van der Waals surface area contributed by atoms with Crippen LogP contribution in [-0.2, 0) is 11.3 Å². The van der Waals surface area contributed by atoms with Crippen molar-refractivity contribution in [2.45, 2.75) is 11.4 Å². The van der Waals surface area contributed by atoms with Crippen molar-refractivity contribution >= 4 is 39.1 Å². The van der Waals surface area contributed by atoms with Crippen molar-refractivity contribution in [1.82, 2.24) is 19.9 Å². The summed E-state index contributed by atoms with van der Waals surface area (Å²) in [4.78, 5) is 33.1. The Bertz CT molecular complexity index is 1040. The number of carbonyl (C=O) groups excluding carboxylic acids is 1. The first kappa shape index (κ1) is 18.9. The summed E-state index contributed by atoms with van der Waals surface area (Å²) >= 11 is 2.99. The molecule has 3 aromatic rings. The van der Waals surface area contributed by atoms with E-state index in [2.05, 4.69) is 20.3 Å². The highest BCUT2D eigenvalue weighted by Gasteiger charge is 2.19. The van der Waals surface area contributed by atoms with E-state index in [4.69, 9.17) is 4.74 Å². The monoisotopic (exact) mass is 417 g/mol. The van der Waals surface area contributed by atoms with Crippen molar-refractivity contribution in [3.63, 3.8) is 0 Å². The van der Waals surface area contributed by atoms with Gasteiger partial charge < -0.3 is 15.0 Å². The van der Waals surface area contributed by atoms with Gasteiger partial charge in [-0.15, -0.1) is 16.9 Å². The van der Waals surface area contributed by atoms with Crippen LogP contribution in [0.3, 0.4) is 0 Å². The minimum absolute atomic E-state index is 0.0166. The van der Waals surface area contributed by atoms with Crippen LogP contribution in [0.4, 0.5) is 5.13 Å². The first-order valence-electron chi connectivity index (χ1n) is 8.78. The maximum absolute atomic E-state index is 12.7. The zero-order valence-corrected chi connectivity index (χ0v) is 16.9. The van der Waals surface area contributed by atoms with E-state index in [1.165, 1.54) is 22.0 Å². The van der Waals surface area contributed by atoms with Gasteiger partial charge in [0.15, 0.2) is 0 Å². The van der Waals surface area contributed by atoms with Crippen molar-refractivity contribution in [2.75, 3.05) is 37.5 Å². The van der Waals surface area contributed by atoms with Gasteiger partial charge in [-0.05, 0) is 24.0 Å². The highest BCUT2D eigenvalue weighted by molar-refractivity contribution is 7.98. The largest absolute Gasteiger partial charge is 0.378 e. The molecule has 0 radical (unpaired) electrons. The number of fused-ring (bicyclic) bond motifs is 1. The van der Waals surface area contributed by atoms with Gasteiger partial charge in [-0.25, -0.2) is 4.98 Å². The maximum Gasteiger partial charge on any atom is 0.288 e. The molecule has 3 heterocycles. The van der Waals surface area contributed by atoms with E-state index in [0.717, 1.165) is 23.5 Å². The summed E-state index contributed by atoms with van der Waals surface area (Å²) in [5.74, 6) is -0.457. The summed E-state index contributed by atoms with van der Waals surface area (Å²) in [7, 11) is 0. The van der Waals surface area contributed by atoms with E-state index >= 15 is 0 Å². The zero-order valence-electron chi connectivity index (χ0n) is 15.3. The molecule has 0 spiro atoms. The number of anilines is 1. The molecular weight excluding hydrogens is 398 g/mol. The normalized spacial score (nSPS) is 14.4. The smallest absolute Gasteiger partial charge is 0.288 e. The molecule has 0 bridgehead atoms. The highest BCUT2D eigenvalue weighted by Crippen LogP contribution is 2.22. The van der Waals surface area contributed by atoms with Crippen molar-refractivity contribution in [3.8, 4) is 0 Å². The SMILES string of the molecule is CSc1ccc(CNC(=O)c2cnc3sc(N4CCOCC4)nn3c2=O)cc1. The maximum atomic E-state index is 12.7. The number of benzene rings is 1. The first-order valence-corrected chi connectivity index (χ1v) is 10.8. The van der Waals surface area contributed by atoms with Crippen LogP contribution in [0.2, 0.25) is 0 Å². The van der Waals surface area contributed by atoms with Gasteiger partial charge in [0.2, 0.25) is 10.1 Å². The molecule has 28 heavy (non-hydrogen) atoms. The van der Waals surface area contributed by atoms with Crippen LogP contribution in [0.5, 0.6) is 0 Å². The van der Waals surface area contributed by atoms with Crippen LogP contribution in [0, 0.1) is 0 Å². The van der Waals surface area contributed by atoms with Gasteiger partial charge in [0, 0.05) is 30.7 Å². The predicted molar refractivity (Wildman–Crippen MR) is 110 cm³/mol. The second-order valence-corrected chi connectivity index (χ2v) is 8.00. The van der Waals surface area contributed by atoms with Crippen LogP contribution >= 0.6 is 23.1 Å². The molecule has 0 unspecified atom stereocenters. The first-order chi connectivity index (χ1) is 13.7. The molecule has 146 valence electrons. The second-order valence-electron chi connectivity index (χ2n) is 6.19. The molecule has 10 heteroatoms. The van der Waals surface area contributed by atoms with Gasteiger partial charge >= 0.3 is 0 Å². The average molecular weight is 418 g/mol. The van der Waals surface area contributed by atoms with E-state index < -0.39 is 11.5 Å². The number of morpholine rings is 1.